The second-order valence-corrected chi connectivity index (χ2v) is 6.79. The van der Waals surface area contributed by atoms with Crippen molar-refractivity contribution in [2.45, 2.75) is 66.8 Å². The fraction of sp³-hybridized carbons (Fsp3) is 0.588. The summed E-state index contributed by atoms with van der Waals surface area (Å²) >= 11 is 5.46. The molecule has 2 nitrogen and oxygen atoms in total. The molecule has 1 aromatic rings. The van der Waals surface area contributed by atoms with Gasteiger partial charge in [0.05, 0.1) is 0 Å². The molecule has 0 aliphatic heterocycles. The van der Waals surface area contributed by atoms with Gasteiger partial charge in [0.2, 0.25) is 0 Å². The van der Waals surface area contributed by atoms with Crippen LogP contribution in [-0.4, -0.2) is 10.7 Å². The van der Waals surface area contributed by atoms with Crippen LogP contribution in [0.4, 0.5) is 5.69 Å². The maximum atomic E-state index is 5.46. The SMILES string of the molecule is CCc1c(C)cc(C)c(CC)c1NC(=S)NC(C)(C)C. The Balaban J connectivity index is 3.18. The normalized spacial score (nSPS) is 11.3. The molecule has 112 valence electrons. The molecule has 3 heteroatoms. The lowest BCUT2D eigenvalue weighted by molar-refractivity contribution is 0.515. The highest BCUT2D eigenvalue weighted by atomic mass is 32.1. The summed E-state index contributed by atoms with van der Waals surface area (Å²) in [6.07, 6.45) is 2.03. The zero-order valence-corrected chi connectivity index (χ0v) is 14.7. The maximum Gasteiger partial charge on any atom is 0.171 e. The van der Waals surface area contributed by atoms with E-state index in [2.05, 4.69) is 65.2 Å². The van der Waals surface area contributed by atoms with Crippen molar-refractivity contribution < 1.29 is 0 Å². The van der Waals surface area contributed by atoms with Gasteiger partial charge in [0, 0.05) is 11.2 Å². The highest BCUT2D eigenvalue weighted by Gasteiger charge is 2.16. The van der Waals surface area contributed by atoms with Crippen molar-refractivity contribution in [3.8, 4) is 0 Å². The zero-order valence-electron chi connectivity index (χ0n) is 13.9. The number of anilines is 1. The van der Waals surface area contributed by atoms with Gasteiger partial charge in [0.15, 0.2) is 5.11 Å². The zero-order chi connectivity index (χ0) is 15.5. The van der Waals surface area contributed by atoms with Gasteiger partial charge in [-0.1, -0.05) is 19.9 Å². The summed E-state index contributed by atoms with van der Waals surface area (Å²) in [5, 5.41) is 7.47. The average Bonchev–Trinajstić information content (AvgIpc) is 2.26. The van der Waals surface area contributed by atoms with Crippen LogP contribution in [-0.2, 0) is 12.8 Å². The molecule has 1 rings (SSSR count). The van der Waals surface area contributed by atoms with Crippen molar-refractivity contribution in [2.75, 3.05) is 5.32 Å². The summed E-state index contributed by atoms with van der Waals surface area (Å²) < 4.78 is 0. The van der Waals surface area contributed by atoms with Crippen molar-refractivity contribution in [3.63, 3.8) is 0 Å². The molecule has 0 saturated heterocycles. The Bertz CT molecular complexity index is 470. The molecule has 0 radical (unpaired) electrons. The monoisotopic (exact) mass is 292 g/mol. The highest BCUT2D eigenvalue weighted by molar-refractivity contribution is 7.80. The fourth-order valence-corrected chi connectivity index (χ4v) is 3.03. The van der Waals surface area contributed by atoms with Crippen molar-refractivity contribution >= 4 is 23.0 Å². The van der Waals surface area contributed by atoms with E-state index in [1.807, 2.05) is 0 Å². The number of nitrogens with one attached hydrogen (secondary N) is 2. The van der Waals surface area contributed by atoms with E-state index in [1.165, 1.54) is 27.9 Å². The molecule has 0 fully saturated rings. The number of benzene rings is 1. The predicted molar refractivity (Wildman–Crippen MR) is 93.8 cm³/mol. The van der Waals surface area contributed by atoms with Gasteiger partial charge in [-0.05, 0) is 81.9 Å². The van der Waals surface area contributed by atoms with Gasteiger partial charge in [-0.15, -0.1) is 0 Å². The minimum Gasteiger partial charge on any atom is -0.358 e. The van der Waals surface area contributed by atoms with Crippen LogP contribution in [0.2, 0.25) is 0 Å². The molecule has 0 aliphatic rings. The summed E-state index contributed by atoms with van der Waals surface area (Å²) in [4.78, 5) is 0. The first-order chi connectivity index (χ1) is 9.19. The van der Waals surface area contributed by atoms with E-state index in [0.717, 1.165) is 12.8 Å². The Morgan fingerprint density at radius 2 is 1.50 bits per heavy atom. The molecule has 0 heterocycles. The summed E-state index contributed by atoms with van der Waals surface area (Å²) in [5.74, 6) is 0. The summed E-state index contributed by atoms with van der Waals surface area (Å²) in [7, 11) is 0. The fourth-order valence-electron chi connectivity index (χ4n) is 2.62. The molecule has 0 aliphatic carbocycles. The van der Waals surface area contributed by atoms with E-state index in [-0.39, 0.29) is 5.54 Å². The number of hydrogen-bond acceptors (Lipinski definition) is 1. The number of thiocarbonyl (C=S) groups is 1. The second kappa shape index (κ2) is 6.57. The van der Waals surface area contributed by atoms with Crippen LogP contribution in [0.1, 0.15) is 56.9 Å². The minimum absolute atomic E-state index is 0.0261. The topological polar surface area (TPSA) is 24.1 Å². The molecule has 1 aromatic carbocycles. The van der Waals surface area contributed by atoms with Crippen molar-refractivity contribution in [3.05, 3.63) is 28.3 Å². The van der Waals surface area contributed by atoms with E-state index in [0.29, 0.717) is 5.11 Å². The highest BCUT2D eigenvalue weighted by Crippen LogP contribution is 2.29. The number of hydrogen-bond donors (Lipinski definition) is 2. The van der Waals surface area contributed by atoms with E-state index in [1.54, 1.807) is 0 Å². The first-order valence-electron chi connectivity index (χ1n) is 7.40. The lowest BCUT2D eigenvalue weighted by atomic mass is 9.94. The Morgan fingerprint density at radius 1 is 1.05 bits per heavy atom. The summed E-state index contributed by atoms with van der Waals surface area (Å²) in [6.45, 7) is 15.1. The Kier molecular flexibility index (Phi) is 5.58. The molecule has 0 atom stereocenters. The lowest BCUT2D eigenvalue weighted by Crippen LogP contribution is -2.43. The molecule has 0 aromatic heterocycles. The van der Waals surface area contributed by atoms with E-state index in [4.69, 9.17) is 12.2 Å². The van der Waals surface area contributed by atoms with Crippen LogP contribution < -0.4 is 10.6 Å². The molecule has 2 N–H and O–H groups in total. The Morgan fingerprint density at radius 3 is 1.85 bits per heavy atom. The molecule has 20 heavy (non-hydrogen) atoms. The van der Waals surface area contributed by atoms with Gasteiger partial charge in [-0.2, -0.15) is 0 Å². The lowest BCUT2D eigenvalue weighted by Gasteiger charge is -2.26. The van der Waals surface area contributed by atoms with Crippen LogP contribution in [0, 0.1) is 13.8 Å². The minimum atomic E-state index is -0.0261. The second-order valence-electron chi connectivity index (χ2n) is 6.38. The van der Waals surface area contributed by atoms with Crippen molar-refractivity contribution in [1.82, 2.24) is 5.32 Å². The Labute approximate surface area is 129 Å². The van der Waals surface area contributed by atoms with Gasteiger partial charge in [0.1, 0.15) is 0 Å². The van der Waals surface area contributed by atoms with Crippen LogP contribution in [0.25, 0.3) is 0 Å². The molecule has 0 unspecified atom stereocenters. The van der Waals surface area contributed by atoms with Gasteiger partial charge in [-0.3, -0.25) is 0 Å². The van der Waals surface area contributed by atoms with Crippen LogP contribution >= 0.6 is 12.2 Å². The quantitative estimate of drug-likeness (QED) is 0.801. The molecule has 0 saturated carbocycles. The smallest absolute Gasteiger partial charge is 0.171 e. The third kappa shape index (κ3) is 4.20. The summed E-state index contributed by atoms with van der Waals surface area (Å²) in [5.41, 5.74) is 6.58. The summed E-state index contributed by atoms with van der Waals surface area (Å²) in [6, 6.07) is 2.28. The first-order valence-corrected chi connectivity index (χ1v) is 7.81. The third-order valence-corrected chi connectivity index (χ3v) is 3.63. The van der Waals surface area contributed by atoms with E-state index >= 15 is 0 Å². The molecule has 0 amide bonds. The molecule has 0 bridgehead atoms. The largest absolute Gasteiger partial charge is 0.358 e. The van der Waals surface area contributed by atoms with Crippen LogP contribution in [0.5, 0.6) is 0 Å². The molecular formula is C17H28N2S. The number of rotatable bonds is 3. The van der Waals surface area contributed by atoms with Gasteiger partial charge < -0.3 is 10.6 Å². The van der Waals surface area contributed by atoms with Crippen LogP contribution in [0.3, 0.4) is 0 Å². The Hall–Kier alpha value is -1.09. The van der Waals surface area contributed by atoms with Crippen molar-refractivity contribution in [2.24, 2.45) is 0 Å². The van der Waals surface area contributed by atoms with E-state index in [9.17, 15) is 0 Å². The van der Waals surface area contributed by atoms with E-state index < -0.39 is 0 Å². The molecule has 0 spiro atoms. The van der Waals surface area contributed by atoms with Gasteiger partial charge in [0.25, 0.3) is 0 Å². The number of aryl methyl sites for hydroxylation is 2. The van der Waals surface area contributed by atoms with Gasteiger partial charge in [-0.25, -0.2) is 0 Å². The predicted octanol–water partition coefficient (Wildman–Crippen LogP) is 4.51. The van der Waals surface area contributed by atoms with Crippen LogP contribution in [0.15, 0.2) is 6.07 Å². The van der Waals surface area contributed by atoms with Crippen molar-refractivity contribution in [1.29, 1.82) is 0 Å². The first kappa shape index (κ1) is 17.0. The average molecular weight is 292 g/mol. The van der Waals surface area contributed by atoms with Gasteiger partial charge >= 0.3 is 0 Å². The molecular weight excluding hydrogens is 264 g/mol. The third-order valence-electron chi connectivity index (χ3n) is 3.42. The standard InChI is InChI=1S/C17H28N2S/c1-8-13-11(3)10-12(4)14(9-2)15(13)18-16(20)19-17(5,6)7/h10H,8-9H2,1-7H3,(H2,18,19,20). The maximum absolute atomic E-state index is 5.46.